The maximum atomic E-state index is 13.4. The second-order valence-electron chi connectivity index (χ2n) is 28.2. The molecule has 2 fully saturated rings. The highest BCUT2D eigenvalue weighted by molar-refractivity contribution is 5.76. The van der Waals surface area contributed by atoms with E-state index in [-0.39, 0.29) is 18.9 Å². The zero-order valence-corrected chi connectivity index (χ0v) is 64.1. The molecule has 2 heterocycles. The molecule has 0 aliphatic carbocycles. The van der Waals surface area contributed by atoms with Gasteiger partial charge in [0.25, 0.3) is 0 Å². The number of unbranched alkanes of at least 4 members (excludes halogenated alkanes) is 32. The van der Waals surface area contributed by atoms with Crippen molar-refractivity contribution in [3.8, 4) is 0 Å². The highest BCUT2D eigenvalue weighted by Gasteiger charge is 2.51. The molecule has 0 aromatic rings. The summed E-state index contributed by atoms with van der Waals surface area (Å²) in [6.07, 6.45) is 89.1. The summed E-state index contributed by atoms with van der Waals surface area (Å²) < 4.78 is 22.9. The summed E-state index contributed by atoms with van der Waals surface area (Å²) in [5.41, 5.74) is 0. The van der Waals surface area contributed by atoms with Gasteiger partial charge in [-0.3, -0.25) is 4.79 Å². The van der Waals surface area contributed by atoms with Crippen LogP contribution in [-0.2, 0) is 23.7 Å². The fraction of sp³-hybridized carbons (Fsp3) is 0.716. The average molecular weight is 1430 g/mol. The molecule has 584 valence electrons. The molecule has 12 atom stereocenters. The van der Waals surface area contributed by atoms with E-state index in [4.69, 9.17) is 18.9 Å². The Morgan fingerprint density at radius 3 is 1.04 bits per heavy atom. The van der Waals surface area contributed by atoms with Gasteiger partial charge < -0.3 is 65.1 Å². The lowest BCUT2D eigenvalue weighted by atomic mass is 9.97. The van der Waals surface area contributed by atoms with Gasteiger partial charge in [-0.1, -0.05) is 346 Å². The van der Waals surface area contributed by atoms with E-state index >= 15 is 0 Å². The van der Waals surface area contributed by atoms with Crippen molar-refractivity contribution >= 4 is 5.91 Å². The SMILES string of the molecule is CC/C=C\C/C=C\C/C=C\C/C=C\C/C=C\C/C=C\C/C=C\C/C=C\C/C=C\C/C=C\C/C=C\CCCCCCCCCC(=O)NC(COC1OC(CO)C(OC2OC(CO)C(O)C(O)C2O)C(O)C1O)C(O)/C=C/CCCCCCCCCCCCCCCCCCCCCCCCCCC. The molecule has 0 aromatic heterocycles. The molecular formula is C88H149NO13. The second-order valence-corrected chi connectivity index (χ2v) is 28.2. The molecule has 9 N–H and O–H groups in total. The van der Waals surface area contributed by atoms with Crippen LogP contribution in [0.5, 0.6) is 0 Å². The smallest absolute Gasteiger partial charge is 0.220 e. The topological polar surface area (TPSA) is 228 Å². The van der Waals surface area contributed by atoms with E-state index in [1.807, 2.05) is 6.08 Å². The second kappa shape index (κ2) is 69.9. The van der Waals surface area contributed by atoms with E-state index in [1.54, 1.807) is 6.08 Å². The maximum Gasteiger partial charge on any atom is 0.220 e. The van der Waals surface area contributed by atoms with Gasteiger partial charge in [0.1, 0.15) is 48.8 Å². The van der Waals surface area contributed by atoms with Crippen LogP contribution in [0.1, 0.15) is 309 Å². The van der Waals surface area contributed by atoms with Crippen LogP contribution in [0.25, 0.3) is 0 Å². The van der Waals surface area contributed by atoms with Crippen LogP contribution in [0.15, 0.2) is 146 Å². The van der Waals surface area contributed by atoms with Crippen LogP contribution in [0.3, 0.4) is 0 Å². The minimum Gasteiger partial charge on any atom is -0.394 e. The standard InChI is InChI=1S/C88H149NO13/c1-3-5-7-9-11-13-15-17-19-21-23-25-27-29-31-32-33-34-35-36-37-38-39-40-41-42-43-44-46-48-50-52-54-56-58-60-62-64-66-68-70-72-80(93)89-76(75-99-87-85(98)83(96)86(79(74-91)101-87)102-88-84(97)82(95)81(94)78(73-90)100-88)77(92)71-69-67-65-63-61-59-57-55-53-51-49-47-45-30-28-26-24-22-20-18-16-14-12-10-8-6-4-2/h5,7,11,13,17,19,23,25,29,31,33-34,36-37,39-40,42-43,46,48,52,54,69,71,76-79,81-88,90-92,94-98H,3-4,6,8-10,12,14-16,18,20-22,24,26-28,30,32,35,38,41,44-45,47,49-51,53,55-68,70,72-75H2,1-2H3,(H,89,93)/b7-5-,13-11-,19-17-,25-23-,31-29-,34-33-,37-36-,40-39-,43-42-,48-46-,54-52-,71-69+. The van der Waals surface area contributed by atoms with Gasteiger partial charge in [0.2, 0.25) is 5.91 Å². The molecule has 0 bridgehead atoms. The molecule has 12 unspecified atom stereocenters. The van der Waals surface area contributed by atoms with E-state index in [0.717, 1.165) is 135 Å². The van der Waals surface area contributed by atoms with Gasteiger partial charge >= 0.3 is 0 Å². The first-order valence-corrected chi connectivity index (χ1v) is 41.1. The number of hydrogen-bond donors (Lipinski definition) is 9. The molecule has 102 heavy (non-hydrogen) atoms. The van der Waals surface area contributed by atoms with Gasteiger partial charge in [-0.15, -0.1) is 0 Å². The number of nitrogens with one attached hydrogen (secondary N) is 1. The van der Waals surface area contributed by atoms with Crippen LogP contribution in [0, 0.1) is 0 Å². The fourth-order valence-electron chi connectivity index (χ4n) is 12.6. The van der Waals surface area contributed by atoms with Gasteiger partial charge in [-0.25, -0.2) is 0 Å². The minimum absolute atomic E-state index is 0.253. The van der Waals surface area contributed by atoms with Crippen LogP contribution < -0.4 is 5.32 Å². The highest BCUT2D eigenvalue weighted by atomic mass is 16.7. The Morgan fingerprint density at radius 2 is 0.676 bits per heavy atom. The fourth-order valence-corrected chi connectivity index (χ4v) is 12.6. The third kappa shape index (κ3) is 52.0. The largest absolute Gasteiger partial charge is 0.394 e. The van der Waals surface area contributed by atoms with Crippen LogP contribution >= 0.6 is 0 Å². The molecule has 2 saturated heterocycles. The summed E-state index contributed by atoms with van der Waals surface area (Å²) in [6.45, 7) is 2.70. The summed E-state index contributed by atoms with van der Waals surface area (Å²) in [6, 6.07) is -0.933. The van der Waals surface area contributed by atoms with Crippen molar-refractivity contribution in [2.45, 2.75) is 383 Å². The molecule has 2 aliphatic rings. The number of carbonyl (C=O) groups is 1. The number of ether oxygens (including phenoxy) is 4. The van der Waals surface area contributed by atoms with Gasteiger partial charge in [0.05, 0.1) is 32.0 Å². The first kappa shape index (κ1) is 94.0. The number of rotatable bonds is 67. The highest BCUT2D eigenvalue weighted by Crippen LogP contribution is 2.30. The predicted octanol–water partition coefficient (Wildman–Crippen LogP) is 19.1. The van der Waals surface area contributed by atoms with E-state index in [1.165, 1.54) is 148 Å². The van der Waals surface area contributed by atoms with E-state index < -0.39 is 86.8 Å². The Balaban J connectivity index is 1.63. The lowest BCUT2D eigenvalue weighted by Gasteiger charge is -2.46. The summed E-state index contributed by atoms with van der Waals surface area (Å²) in [5.74, 6) is -0.253. The molecule has 0 aromatic carbocycles. The van der Waals surface area contributed by atoms with Crippen molar-refractivity contribution < 1.29 is 64.6 Å². The Hall–Kier alpha value is -4.13. The Kier molecular flexibility index (Phi) is 64.4. The van der Waals surface area contributed by atoms with Crippen molar-refractivity contribution in [2.75, 3.05) is 19.8 Å². The van der Waals surface area contributed by atoms with Crippen molar-refractivity contribution in [1.29, 1.82) is 0 Å². The quantitative estimate of drug-likeness (QED) is 0.0204. The zero-order chi connectivity index (χ0) is 73.7. The third-order valence-corrected chi connectivity index (χ3v) is 19.0. The van der Waals surface area contributed by atoms with E-state index in [9.17, 15) is 45.6 Å². The average Bonchev–Trinajstić information content (AvgIpc) is 0.790. The molecule has 0 saturated carbocycles. The summed E-state index contributed by atoms with van der Waals surface area (Å²) >= 11 is 0. The van der Waals surface area contributed by atoms with Crippen molar-refractivity contribution in [2.24, 2.45) is 0 Å². The van der Waals surface area contributed by atoms with Crippen molar-refractivity contribution in [3.05, 3.63) is 146 Å². The molecule has 1 amide bonds. The van der Waals surface area contributed by atoms with Gasteiger partial charge in [0.15, 0.2) is 12.6 Å². The predicted molar refractivity (Wildman–Crippen MR) is 424 cm³/mol. The summed E-state index contributed by atoms with van der Waals surface area (Å²) in [5, 5.41) is 87.7. The van der Waals surface area contributed by atoms with Crippen LogP contribution in [0.2, 0.25) is 0 Å². The van der Waals surface area contributed by atoms with Crippen molar-refractivity contribution in [3.63, 3.8) is 0 Å². The monoisotopic (exact) mass is 1430 g/mol. The minimum atomic E-state index is -1.80. The summed E-state index contributed by atoms with van der Waals surface area (Å²) in [7, 11) is 0. The zero-order valence-electron chi connectivity index (χ0n) is 64.1. The number of amides is 1. The molecule has 0 spiro atoms. The molecular weight excluding hydrogens is 1280 g/mol. The van der Waals surface area contributed by atoms with Gasteiger partial charge in [-0.2, -0.15) is 0 Å². The Morgan fingerprint density at radius 1 is 0.363 bits per heavy atom. The maximum absolute atomic E-state index is 13.4. The third-order valence-electron chi connectivity index (χ3n) is 19.0. The number of hydrogen-bond acceptors (Lipinski definition) is 13. The molecule has 14 heteroatoms. The number of aliphatic hydroxyl groups excluding tert-OH is 8. The van der Waals surface area contributed by atoms with Crippen molar-refractivity contribution in [1.82, 2.24) is 5.32 Å². The molecule has 14 nitrogen and oxygen atoms in total. The Labute approximate surface area is 621 Å². The Bertz CT molecular complexity index is 2280. The normalized spacial score (nSPS) is 22.5. The van der Waals surface area contributed by atoms with Gasteiger partial charge in [0, 0.05) is 6.42 Å². The van der Waals surface area contributed by atoms with Gasteiger partial charge in [-0.05, 0) is 103 Å². The number of carbonyl (C=O) groups excluding carboxylic acids is 1. The van der Waals surface area contributed by atoms with E-state index in [0.29, 0.717) is 6.42 Å². The van der Waals surface area contributed by atoms with Crippen LogP contribution in [0.4, 0.5) is 0 Å². The lowest BCUT2D eigenvalue weighted by molar-refractivity contribution is -0.359. The van der Waals surface area contributed by atoms with Crippen LogP contribution in [-0.4, -0.2) is 140 Å². The molecule has 0 radical (unpaired) electrons. The molecule has 2 rings (SSSR count). The molecule has 2 aliphatic heterocycles. The lowest BCUT2D eigenvalue weighted by Crippen LogP contribution is -2.65. The van der Waals surface area contributed by atoms with E-state index in [2.05, 4.69) is 153 Å². The first-order chi connectivity index (χ1) is 50.1. The number of aliphatic hydroxyl groups is 8. The summed E-state index contributed by atoms with van der Waals surface area (Å²) in [4.78, 5) is 13.4. The first-order valence-electron chi connectivity index (χ1n) is 41.1. The number of allylic oxidation sites excluding steroid dienone is 23.